The average molecular weight is 275 g/mol. The van der Waals surface area contributed by atoms with E-state index >= 15 is 0 Å². The molecule has 21 heavy (non-hydrogen) atoms. The van der Waals surface area contributed by atoms with Gasteiger partial charge in [0.2, 0.25) is 0 Å². The van der Waals surface area contributed by atoms with Crippen LogP contribution in [0, 0.1) is 11.3 Å². The number of hydrogen-bond donors (Lipinski definition) is 0. The van der Waals surface area contributed by atoms with Crippen LogP contribution in [-0.2, 0) is 24.7 Å². The van der Waals surface area contributed by atoms with Crippen LogP contribution in [0.3, 0.4) is 0 Å². The third-order valence-corrected chi connectivity index (χ3v) is 4.73. The molecule has 106 valence electrons. The Morgan fingerprint density at radius 2 is 1.76 bits per heavy atom. The van der Waals surface area contributed by atoms with Gasteiger partial charge in [-0.2, -0.15) is 5.26 Å². The van der Waals surface area contributed by atoms with Crippen LogP contribution in [0.2, 0.25) is 0 Å². The maximum absolute atomic E-state index is 9.90. The molecule has 0 spiro atoms. The summed E-state index contributed by atoms with van der Waals surface area (Å²) in [4.78, 5) is 0. The molecule has 1 atom stereocenters. The Bertz CT molecular complexity index is 663. The minimum absolute atomic E-state index is 0.345. The number of aryl methyl sites for hydroxylation is 2. The number of nitrogens with zero attached hydrogens (tertiary/aromatic N) is 1. The topological polar surface area (TPSA) is 23.8 Å². The van der Waals surface area contributed by atoms with Gasteiger partial charge >= 0.3 is 0 Å². The van der Waals surface area contributed by atoms with Crippen LogP contribution in [0.4, 0.5) is 0 Å². The number of hydrogen-bond acceptors (Lipinski definition) is 1. The molecule has 0 saturated carbocycles. The Morgan fingerprint density at radius 1 is 1.05 bits per heavy atom. The van der Waals surface area contributed by atoms with Gasteiger partial charge < -0.3 is 0 Å². The first kappa shape index (κ1) is 13.9. The molecule has 1 unspecified atom stereocenters. The van der Waals surface area contributed by atoms with Crippen LogP contribution in [0.1, 0.15) is 42.0 Å². The van der Waals surface area contributed by atoms with Crippen molar-refractivity contribution in [3.8, 4) is 6.07 Å². The summed E-state index contributed by atoms with van der Waals surface area (Å²) in [6.07, 6.45) is 5.07. The quantitative estimate of drug-likeness (QED) is 0.803. The van der Waals surface area contributed by atoms with Gasteiger partial charge in [0.25, 0.3) is 0 Å². The Balaban J connectivity index is 1.96. The molecule has 0 heterocycles. The molecule has 0 aliphatic heterocycles. The third kappa shape index (κ3) is 2.59. The van der Waals surface area contributed by atoms with Crippen LogP contribution in [0.5, 0.6) is 0 Å². The van der Waals surface area contributed by atoms with E-state index in [4.69, 9.17) is 0 Å². The second-order valence-electron chi connectivity index (χ2n) is 6.05. The molecule has 1 aliphatic rings. The first-order chi connectivity index (χ1) is 10.3. The lowest BCUT2D eigenvalue weighted by Gasteiger charge is -2.33. The van der Waals surface area contributed by atoms with Gasteiger partial charge in [0.15, 0.2) is 0 Å². The maximum Gasteiger partial charge on any atom is 0.0865 e. The fourth-order valence-electron chi connectivity index (χ4n) is 3.50. The highest BCUT2D eigenvalue weighted by Crippen LogP contribution is 2.39. The van der Waals surface area contributed by atoms with E-state index in [2.05, 4.69) is 61.5 Å². The molecule has 0 bridgehead atoms. The van der Waals surface area contributed by atoms with Gasteiger partial charge in [-0.15, -0.1) is 0 Å². The summed E-state index contributed by atoms with van der Waals surface area (Å²) in [5.74, 6) is 0. The molecule has 0 fully saturated rings. The van der Waals surface area contributed by atoms with Crippen molar-refractivity contribution in [3.05, 3.63) is 70.8 Å². The number of benzene rings is 2. The van der Waals surface area contributed by atoms with Crippen molar-refractivity contribution in [2.45, 2.75) is 44.4 Å². The van der Waals surface area contributed by atoms with Crippen molar-refractivity contribution in [1.29, 1.82) is 5.26 Å². The largest absolute Gasteiger partial charge is 0.197 e. The summed E-state index contributed by atoms with van der Waals surface area (Å²) in [6.45, 7) is 2.17. The van der Waals surface area contributed by atoms with E-state index in [1.807, 2.05) is 0 Å². The van der Waals surface area contributed by atoms with E-state index in [9.17, 15) is 5.26 Å². The molecule has 2 aromatic rings. The average Bonchev–Trinajstić information content (AvgIpc) is 2.56. The van der Waals surface area contributed by atoms with Crippen molar-refractivity contribution < 1.29 is 0 Å². The molecule has 0 aromatic heterocycles. The van der Waals surface area contributed by atoms with E-state index in [0.29, 0.717) is 0 Å². The predicted molar refractivity (Wildman–Crippen MR) is 86.2 cm³/mol. The Morgan fingerprint density at radius 3 is 2.48 bits per heavy atom. The SMILES string of the molecule is CCc1ccc(CC2(C#N)CCCc3ccccc32)cc1. The van der Waals surface area contributed by atoms with Crippen LogP contribution < -0.4 is 0 Å². The molecule has 0 N–H and O–H groups in total. The minimum Gasteiger partial charge on any atom is -0.197 e. The molecule has 1 heteroatoms. The molecular weight excluding hydrogens is 254 g/mol. The van der Waals surface area contributed by atoms with Crippen molar-refractivity contribution in [3.63, 3.8) is 0 Å². The zero-order valence-electron chi connectivity index (χ0n) is 12.6. The molecule has 0 radical (unpaired) electrons. The summed E-state index contributed by atoms with van der Waals surface area (Å²) in [5, 5.41) is 9.90. The standard InChI is InChI=1S/C20H21N/c1-2-16-9-11-17(12-10-16)14-20(15-21)13-5-7-18-6-3-4-8-19(18)20/h3-4,6,8-12H,2,5,7,13-14H2,1H3. The summed E-state index contributed by atoms with van der Waals surface area (Å²) in [7, 11) is 0. The lowest BCUT2D eigenvalue weighted by atomic mass is 9.68. The number of nitriles is 1. The third-order valence-electron chi connectivity index (χ3n) is 4.73. The van der Waals surface area contributed by atoms with Gasteiger partial charge in [0, 0.05) is 0 Å². The summed E-state index contributed by atoms with van der Waals surface area (Å²) in [5.41, 5.74) is 4.89. The molecule has 0 saturated heterocycles. The summed E-state index contributed by atoms with van der Waals surface area (Å²) < 4.78 is 0. The van der Waals surface area contributed by atoms with Gasteiger partial charge in [0.05, 0.1) is 11.5 Å². The maximum atomic E-state index is 9.90. The molecule has 1 aliphatic carbocycles. The first-order valence-corrected chi connectivity index (χ1v) is 7.85. The van der Waals surface area contributed by atoms with Gasteiger partial charge in [-0.1, -0.05) is 55.5 Å². The van der Waals surface area contributed by atoms with E-state index < -0.39 is 0 Å². The molecule has 1 nitrogen and oxygen atoms in total. The van der Waals surface area contributed by atoms with Crippen LogP contribution in [0.25, 0.3) is 0 Å². The van der Waals surface area contributed by atoms with Crippen LogP contribution in [-0.4, -0.2) is 0 Å². The fraction of sp³-hybridized carbons (Fsp3) is 0.350. The van der Waals surface area contributed by atoms with E-state index in [0.717, 1.165) is 32.1 Å². The van der Waals surface area contributed by atoms with Crippen LogP contribution >= 0.6 is 0 Å². The highest BCUT2D eigenvalue weighted by Gasteiger charge is 2.36. The first-order valence-electron chi connectivity index (χ1n) is 7.85. The molecule has 2 aromatic carbocycles. The van der Waals surface area contributed by atoms with Crippen LogP contribution in [0.15, 0.2) is 48.5 Å². The lowest BCUT2D eigenvalue weighted by molar-refractivity contribution is 0.450. The molecular formula is C20H21N. The van der Waals surface area contributed by atoms with Gasteiger partial charge in [0.1, 0.15) is 0 Å². The number of rotatable bonds is 3. The Labute approximate surface area is 127 Å². The lowest BCUT2D eigenvalue weighted by Crippen LogP contribution is -2.31. The van der Waals surface area contributed by atoms with E-state index in [-0.39, 0.29) is 5.41 Å². The predicted octanol–water partition coefficient (Wildman–Crippen LogP) is 4.59. The van der Waals surface area contributed by atoms with Crippen molar-refractivity contribution >= 4 is 0 Å². The summed E-state index contributed by atoms with van der Waals surface area (Å²) >= 11 is 0. The Kier molecular flexibility index (Phi) is 3.80. The Hall–Kier alpha value is -2.07. The highest BCUT2D eigenvalue weighted by atomic mass is 14.4. The monoisotopic (exact) mass is 275 g/mol. The molecule has 3 rings (SSSR count). The second kappa shape index (κ2) is 5.74. The van der Waals surface area contributed by atoms with E-state index in [1.54, 1.807) is 0 Å². The zero-order valence-corrected chi connectivity index (χ0v) is 12.6. The second-order valence-corrected chi connectivity index (χ2v) is 6.05. The summed E-state index contributed by atoms with van der Waals surface area (Å²) in [6, 6.07) is 19.9. The fourth-order valence-corrected chi connectivity index (χ4v) is 3.50. The normalized spacial score (nSPS) is 20.6. The van der Waals surface area contributed by atoms with Gasteiger partial charge in [-0.05, 0) is 54.4 Å². The smallest absolute Gasteiger partial charge is 0.0865 e. The van der Waals surface area contributed by atoms with Gasteiger partial charge in [-0.3, -0.25) is 0 Å². The van der Waals surface area contributed by atoms with Crippen molar-refractivity contribution in [2.24, 2.45) is 0 Å². The van der Waals surface area contributed by atoms with E-state index in [1.165, 1.54) is 22.3 Å². The van der Waals surface area contributed by atoms with Crippen molar-refractivity contribution in [1.82, 2.24) is 0 Å². The van der Waals surface area contributed by atoms with Crippen molar-refractivity contribution in [2.75, 3.05) is 0 Å². The number of fused-ring (bicyclic) bond motifs is 1. The highest BCUT2D eigenvalue weighted by molar-refractivity contribution is 5.43. The molecule has 0 amide bonds. The minimum atomic E-state index is -0.345. The zero-order chi connectivity index (χ0) is 14.7. The van der Waals surface area contributed by atoms with Gasteiger partial charge in [-0.25, -0.2) is 0 Å².